The zero-order chi connectivity index (χ0) is 13.6. The molecule has 0 unspecified atom stereocenters. The van der Waals surface area contributed by atoms with Crippen molar-refractivity contribution in [2.24, 2.45) is 5.14 Å². The van der Waals surface area contributed by atoms with E-state index in [0.29, 0.717) is 0 Å². The first-order chi connectivity index (χ1) is 8.22. The maximum absolute atomic E-state index is 11.3. The van der Waals surface area contributed by atoms with E-state index in [1.54, 1.807) is 12.1 Å². The average molecular weight is 269 g/mol. The molecule has 1 aromatic rings. The molecule has 2 rings (SSSR count). The van der Waals surface area contributed by atoms with E-state index in [2.05, 4.69) is 18.7 Å². The number of primary sulfonamides is 1. The van der Waals surface area contributed by atoms with Crippen LogP contribution in [-0.2, 0) is 10.0 Å². The smallest absolute Gasteiger partial charge is 0.240 e. The maximum Gasteiger partial charge on any atom is 0.240 e. The Bertz CT molecular complexity index is 567. The number of hydrogen-bond acceptors (Lipinski definition) is 4. The maximum atomic E-state index is 11.3. The zero-order valence-corrected chi connectivity index (χ0v) is 11.5. The van der Waals surface area contributed by atoms with Crippen LogP contribution in [0.1, 0.15) is 26.7 Å². The first-order valence-corrected chi connectivity index (χ1v) is 7.46. The minimum absolute atomic E-state index is 0.0109. The number of hydrogen-bond donors (Lipinski definition) is 2. The van der Waals surface area contributed by atoms with E-state index in [1.807, 2.05) is 0 Å². The van der Waals surface area contributed by atoms with E-state index >= 15 is 0 Å². The third-order valence-electron chi connectivity index (χ3n) is 3.51. The molecule has 0 spiro atoms. The quantitative estimate of drug-likeness (QED) is 0.792. The molecule has 0 aliphatic carbocycles. The second kappa shape index (κ2) is 4.13. The highest BCUT2D eigenvalue weighted by molar-refractivity contribution is 7.89. The van der Waals surface area contributed by atoms with Gasteiger partial charge >= 0.3 is 0 Å². The second-order valence-electron chi connectivity index (χ2n) is 5.33. The van der Waals surface area contributed by atoms with Gasteiger partial charge in [0.1, 0.15) is 4.90 Å². The Morgan fingerprint density at radius 2 is 2.00 bits per heavy atom. The van der Waals surface area contributed by atoms with Crippen LogP contribution < -0.4 is 15.8 Å². The molecular weight excluding hydrogens is 250 g/mol. The predicted molar refractivity (Wildman–Crippen MR) is 72.9 cm³/mol. The highest BCUT2D eigenvalue weighted by Crippen LogP contribution is 2.35. The first-order valence-electron chi connectivity index (χ1n) is 5.92. The van der Waals surface area contributed by atoms with Gasteiger partial charge < -0.3 is 10.6 Å². The van der Waals surface area contributed by atoms with Crippen LogP contribution >= 0.6 is 0 Å². The Balaban J connectivity index is 2.41. The van der Waals surface area contributed by atoms with Crippen LogP contribution in [0.25, 0.3) is 0 Å². The Morgan fingerprint density at radius 1 is 1.33 bits per heavy atom. The highest BCUT2D eigenvalue weighted by Gasteiger charge is 2.32. The van der Waals surface area contributed by atoms with Gasteiger partial charge in [0.2, 0.25) is 10.0 Å². The Morgan fingerprint density at radius 3 is 2.44 bits per heavy atom. The summed E-state index contributed by atoms with van der Waals surface area (Å²) in [5.74, 6) is 0. The minimum Gasteiger partial charge on any atom is -0.398 e. The van der Waals surface area contributed by atoms with Crippen molar-refractivity contribution in [3.63, 3.8) is 0 Å². The molecule has 1 aliphatic heterocycles. The van der Waals surface area contributed by atoms with Crippen molar-refractivity contribution >= 4 is 21.4 Å². The fourth-order valence-electron chi connectivity index (χ4n) is 2.55. The Hall–Kier alpha value is -1.27. The normalized spacial score (nSPS) is 19.2. The Labute approximate surface area is 108 Å². The Kier molecular flexibility index (Phi) is 3.03. The summed E-state index contributed by atoms with van der Waals surface area (Å²) in [5, 5.41) is 5.09. The van der Waals surface area contributed by atoms with E-state index in [9.17, 15) is 8.42 Å². The molecule has 0 aromatic heterocycles. The fourth-order valence-corrected chi connectivity index (χ4v) is 3.19. The predicted octanol–water partition coefficient (Wildman–Crippen LogP) is 1.29. The van der Waals surface area contributed by atoms with Crippen LogP contribution in [0.5, 0.6) is 0 Å². The van der Waals surface area contributed by atoms with Crippen molar-refractivity contribution < 1.29 is 8.42 Å². The summed E-state index contributed by atoms with van der Waals surface area (Å²) in [6.07, 6.45) is 2.24. The van der Waals surface area contributed by atoms with Crippen LogP contribution in [0.4, 0.5) is 11.4 Å². The van der Waals surface area contributed by atoms with E-state index in [4.69, 9.17) is 10.9 Å². The largest absolute Gasteiger partial charge is 0.398 e. The lowest BCUT2D eigenvalue weighted by Gasteiger charge is -2.34. The number of nitrogens with two attached hydrogens (primary N) is 2. The molecule has 1 aliphatic rings. The summed E-state index contributed by atoms with van der Waals surface area (Å²) in [6, 6.07) is 4.93. The standard InChI is InChI=1S/C12H19N3O2S/c1-12(2)6-3-7-15(12)9-4-5-11(10(13)8-9)18(14,16)17/h4-5,8H,3,6-7,13H2,1-2H3,(H2,14,16,17). The molecule has 0 atom stereocenters. The van der Waals surface area contributed by atoms with Gasteiger partial charge in [-0.1, -0.05) is 0 Å². The topological polar surface area (TPSA) is 89.4 Å². The summed E-state index contributed by atoms with van der Waals surface area (Å²) in [4.78, 5) is 2.24. The number of nitrogens with zero attached hydrogens (tertiary/aromatic N) is 1. The molecule has 0 radical (unpaired) electrons. The van der Waals surface area contributed by atoms with Gasteiger partial charge in [-0.05, 0) is 44.9 Å². The van der Waals surface area contributed by atoms with Crippen LogP contribution in [0, 0.1) is 0 Å². The molecule has 0 amide bonds. The van der Waals surface area contributed by atoms with Gasteiger partial charge in [0.15, 0.2) is 0 Å². The van der Waals surface area contributed by atoms with E-state index in [0.717, 1.165) is 25.1 Å². The van der Waals surface area contributed by atoms with Crippen molar-refractivity contribution in [1.82, 2.24) is 0 Å². The molecule has 4 N–H and O–H groups in total. The molecule has 100 valence electrons. The third-order valence-corrected chi connectivity index (χ3v) is 4.50. The van der Waals surface area contributed by atoms with Gasteiger partial charge in [-0.3, -0.25) is 0 Å². The van der Waals surface area contributed by atoms with Crippen LogP contribution in [0.3, 0.4) is 0 Å². The molecule has 1 heterocycles. The van der Waals surface area contributed by atoms with Gasteiger partial charge in [0.05, 0.1) is 5.69 Å². The monoisotopic (exact) mass is 269 g/mol. The van der Waals surface area contributed by atoms with Crippen LogP contribution in [0.2, 0.25) is 0 Å². The summed E-state index contributed by atoms with van der Waals surface area (Å²) >= 11 is 0. The van der Waals surface area contributed by atoms with E-state index < -0.39 is 10.0 Å². The summed E-state index contributed by atoms with van der Waals surface area (Å²) in [7, 11) is -3.75. The molecule has 1 saturated heterocycles. The fraction of sp³-hybridized carbons (Fsp3) is 0.500. The van der Waals surface area contributed by atoms with Crippen molar-refractivity contribution in [1.29, 1.82) is 0 Å². The molecule has 1 aromatic carbocycles. The highest BCUT2D eigenvalue weighted by atomic mass is 32.2. The van der Waals surface area contributed by atoms with Crippen molar-refractivity contribution in [3.8, 4) is 0 Å². The third kappa shape index (κ3) is 2.30. The molecule has 1 fully saturated rings. The summed E-state index contributed by atoms with van der Waals surface area (Å²) in [6.45, 7) is 5.30. The van der Waals surface area contributed by atoms with Gasteiger partial charge in [0.25, 0.3) is 0 Å². The average Bonchev–Trinajstić information content (AvgIpc) is 2.55. The lowest BCUT2D eigenvalue weighted by atomic mass is 10.0. The lowest BCUT2D eigenvalue weighted by Crippen LogP contribution is -2.38. The number of benzene rings is 1. The zero-order valence-electron chi connectivity index (χ0n) is 10.7. The van der Waals surface area contributed by atoms with Gasteiger partial charge in [-0.25, -0.2) is 13.6 Å². The molecule has 0 bridgehead atoms. The molecule has 5 nitrogen and oxygen atoms in total. The number of anilines is 2. The van der Waals surface area contributed by atoms with Crippen molar-refractivity contribution in [2.75, 3.05) is 17.2 Å². The summed E-state index contributed by atoms with van der Waals surface area (Å²) in [5.41, 5.74) is 7.01. The summed E-state index contributed by atoms with van der Waals surface area (Å²) < 4.78 is 22.6. The van der Waals surface area contributed by atoms with Crippen molar-refractivity contribution in [3.05, 3.63) is 18.2 Å². The number of rotatable bonds is 2. The first kappa shape index (κ1) is 13.2. The minimum atomic E-state index is -3.75. The van der Waals surface area contributed by atoms with Gasteiger partial charge in [0, 0.05) is 17.8 Å². The van der Waals surface area contributed by atoms with Crippen LogP contribution in [0.15, 0.2) is 23.1 Å². The molecule has 0 saturated carbocycles. The molecule has 18 heavy (non-hydrogen) atoms. The van der Waals surface area contributed by atoms with E-state index in [1.165, 1.54) is 6.07 Å². The lowest BCUT2D eigenvalue weighted by molar-refractivity contribution is 0.518. The van der Waals surface area contributed by atoms with Gasteiger partial charge in [-0.2, -0.15) is 0 Å². The van der Waals surface area contributed by atoms with Crippen LogP contribution in [-0.4, -0.2) is 20.5 Å². The molecule has 6 heteroatoms. The number of sulfonamides is 1. The van der Waals surface area contributed by atoms with E-state index in [-0.39, 0.29) is 16.1 Å². The van der Waals surface area contributed by atoms with Crippen molar-refractivity contribution in [2.45, 2.75) is 37.1 Å². The van der Waals surface area contributed by atoms with Gasteiger partial charge in [-0.15, -0.1) is 0 Å². The SMILES string of the molecule is CC1(C)CCCN1c1ccc(S(N)(=O)=O)c(N)c1. The number of nitrogen functional groups attached to an aromatic ring is 1. The molecular formula is C12H19N3O2S. The second-order valence-corrected chi connectivity index (χ2v) is 6.86.